The van der Waals surface area contributed by atoms with E-state index in [4.69, 9.17) is 0 Å². The van der Waals surface area contributed by atoms with E-state index in [2.05, 4.69) is 44.8 Å². The summed E-state index contributed by atoms with van der Waals surface area (Å²) in [5, 5.41) is 6.01. The van der Waals surface area contributed by atoms with Crippen molar-refractivity contribution in [3.63, 3.8) is 0 Å². The lowest BCUT2D eigenvalue weighted by Crippen LogP contribution is -2.40. The summed E-state index contributed by atoms with van der Waals surface area (Å²) in [4.78, 5) is 34.6. The van der Waals surface area contributed by atoms with Crippen LogP contribution in [0.1, 0.15) is 45.2 Å². The van der Waals surface area contributed by atoms with Crippen LogP contribution in [0.2, 0.25) is 0 Å². The maximum absolute atomic E-state index is 13.3. The van der Waals surface area contributed by atoms with Crippen LogP contribution in [0.3, 0.4) is 0 Å². The van der Waals surface area contributed by atoms with Crippen molar-refractivity contribution in [1.29, 1.82) is 0 Å². The number of nitrogens with zero attached hydrogens (tertiary/aromatic N) is 3. The molecule has 3 aromatic carbocycles. The monoisotopic (exact) mass is 481 g/mol. The van der Waals surface area contributed by atoms with Gasteiger partial charge in [0.2, 0.25) is 0 Å². The number of fused-ring (bicyclic) bond motifs is 1. The summed E-state index contributed by atoms with van der Waals surface area (Å²) < 4.78 is 0. The third kappa shape index (κ3) is 5.25. The van der Waals surface area contributed by atoms with Crippen molar-refractivity contribution in [3.8, 4) is 0 Å². The summed E-state index contributed by atoms with van der Waals surface area (Å²) >= 11 is 0. The summed E-state index contributed by atoms with van der Waals surface area (Å²) in [6, 6.07) is 26.2. The predicted molar refractivity (Wildman–Crippen MR) is 144 cm³/mol. The molecule has 1 fully saturated rings. The molecule has 0 radical (unpaired) electrons. The number of amides is 2. The van der Waals surface area contributed by atoms with Crippen LogP contribution >= 0.6 is 0 Å². The molecule has 0 aliphatic carbocycles. The first-order valence-corrected chi connectivity index (χ1v) is 12.5. The second-order valence-electron chi connectivity index (χ2n) is 9.08. The topological polar surface area (TPSA) is 77.0 Å². The average molecular weight is 482 g/mol. The van der Waals surface area contributed by atoms with E-state index in [1.807, 2.05) is 48.5 Å². The molecule has 5 rings (SSSR count). The van der Waals surface area contributed by atoms with Crippen LogP contribution in [-0.4, -0.2) is 55.8 Å². The summed E-state index contributed by atoms with van der Waals surface area (Å²) in [5.74, 6) is -0.236. The minimum atomic E-state index is -0.178. The van der Waals surface area contributed by atoms with Crippen LogP contribution in [0.4, 0.5) is 11.4 Å². The standard InChI is InChI=1S/C29H31N5O2/c35-28-25-9-4-5-10-26(25)32-21-30-16-19-33(20-17-31-28)29(36)23-12-14-24(15-13-23)34-18-6-11-27(34)22-7-2-1-3-8-22/h1-5,7-10,12-15,21,27H,6,11,16-20H2,(H,30,32)(H,31,35). The molecule has 184 valence electrons. The molecule has 7 heteroatoms. The van der Waals surface area contributed by atoms with Gasteiger partial charge in [0.25, 0.3) is 11.8 Å². The van der Waals surface area contributed by atoms with E-state index in [0.717, 1.165) is 25.1 Å². The highest BCUT2D eigenvalue weighted by atomic mass is 16.2. The number of anilines is 2. The highest BCUT2D eigenvalue weighted by Gasteiger charge is 2.26. The van der Waals surface area contributed by atoms with Gasteiger partial charge in [-0.3, -0.25) is 14.6 Å². The van der Waals surface area contributed by atoms with Gasteiger partial charge in [-0.1, -0.05) is 42.5 Å². The fourth-order valence-electron chi connectivity index (χ4n) is 4.96. The first-order chi connectivity index (χ1) is 17.7. The number of hydrogen-bond acceptors (Lipinski definition) is 5. The van der Waals surface area contributed by atoms with E-state index in [1.165, 1.54) is 5.56 Å². The maximum atomic E-state index is 13.3. The lowest BCUT2D eigenvalue weighted by atomic mass is 10.0. The van der Waals surface area contributed by atoms with E-state index in [-0.39, 0.29) is 11.8 Å². The Morgan fingerprint density at radius 2 is 1.67 bits per heavy atom. The zero-order valence-corrected chi connectivity index (χ0v) is 20.3. The van der Waals surface area contributed by atoms with Crippen molar-refractivity contribution in [3.05, 3.63) is 95.6 Å². The molecule has 7 nitrogen and oxygen atoms in total. The SMILES string of the molecule is O=C1NCCN(C(=O)c2ccc(N3CCCC3c3ccccc3)cc2)CCN=CNc2ccccc21. The lowest BCUT2D eigenvalue weighted by Gasteiger charge is -2.28. The van der Waals surface area contributed by atoms with Gasteiger partial charge in [-0.05, 0) is 54.8 Å². The summed E-state index contributed by atoms with van der Waals surface area (Å²) in [6.45, 7) is 2.73. The second-order valence-corrected chi connectivity index (χ2v) is 9.08. The van der Waals surface area contributed by atoms with Gasteiger partial charge in [-0.25, -0.2) is 0 Å². The minimum Gasteiger partial charge on any atom is -0.364 e. The highest BCUT2D eigenvalue weighted by Crippen LogP contribution is 2.36. The van der Waals surface area contributed by atoms with Crippen molar-refractivity contribution < 1.29 is 9.59 Å². The van der Waals surface area contributed by atoms with Crippen molar-refractivity contribution in [1.82, 2.24) is 10.2 Å². The number of carbonyl (C=O) groups is 2. The molecule has 1 saturated heterocycles. The van der Waals surface area contributed by atoms with Crippen molar-refractivity contribution >= 4 is 29.5 Å². The molecule has 2 heterocycles. The smallest absolute Gasteiger partial charge is 0.253 e. The third-order valence-electron chi connectivity index (χ3n) is 6.82. The summed E-state index contributed by atoms with van der Waals surface area (Å²) in [6.07, 6.45) is 3.87. The van der Waals surface area contributed by atoms with Crippen LogP contribution in [0.25, 0.3) is 0 Å². The van der Waals surface area contributed by atoms with Crippen LogP contribution in [-0.2, 0) is 0 Å². The molecule has 0 spiro atoms. The molecule has 3 aromatic rings. The number of benzene rings is 3. The van der Waals surface area contributed by atoms with Gasteiger partial charge < -0.3 is 20.4 Å². The highest BCUT2D eigenvalue weighted by molar-refractivity contribution is 6.01. The Morgan fingerprint density at radius 3 is 2.50 bits per heavy atom. The molecule has 36 heavy (non-hydrogen) atoms. The van der Waals surface area contributed by atoms with E-state index in [9.17, 15) is 9.59 Å². The minimum absolute atomic E-state index is 0.0579. The van der Waals surface area contributed by atoms with E-state index >= 15 is 0 Å². The normalized spacial score (nSPS) is 18.4. The molecule has 1 unspecified atom stereocenters. The quantitative estimate of drug-likeness (QED) is 0.583. The molecule has 2 aliphatic heterocycles. The Morgan fingerprint density at radius 1 is 0.889 bits per heavy atom. The van der Waals surface area contributed by atoms with E-state index in [1.54, 1.807) is 17.3 Å². The Balaban J connectivity index is 1.27. The molecular formula is C29H31N5O2. The lowest BCUT2D eigenvalue weighted by molar-refractivity contribution is 0.0753. The van der Waals surface area contributed by atoms with Crippen LogP contribution in [0.15, 0.2) is 83.9 Å². The van der Waals surface area contributed by atoms with Gasteiger partial charge in [-0.2, -0.15) is 0 Å². The number of rotatable bonds is 3. The van der Waals surface area contributed by atoms with Gasteiger partial charge in [0.05, 0.1) is 30.2 Å². The van der Waals surface area contributed by atoms with Crippen LogP contribution in [0.5, 0.6) is 0 Å². The predicted octanol–water partition coefficient (Wildman–Crippen LogP) is 4.35. The molecule has 1 atom stereocenters. The number of carbonyl (C=O) groups excluding carboxylic acids is 2. The Labute approximate surface area is 211 Å². The summed E-state index contributed by atoms with van der Waals surface area (Å²) in [7, 11) is 0. The number of aliphatic imine (C=N–C) groups is 1. The third-order valence-corrected chi connectivity index (χ3v) is 6.82. The number of nitrogens with one attached hydrogen (secondary N) is 2. The molecule has 2 amide bonds. The van der Waals surface area contributed by atoms with Gasteiger partial charge in [0, 0.05) is 37.4 Å². The maximum Gasteiger partial charge on any atom is 0.253 e. The first kappa shape index (κ1) is 23.6. The van der Waals surface area contributed by atoms with Gasteiger partial charge >= 0.3 is 0 Å². The largest absolute Gasteiger partial charge is 0.364 e. The average Bonchev–Trinajstić information content (AvgIpc) is 3.42. The first-order valence-electron chi connectivity index (χ1n) is 12.5. The number of para-hydroxylation sites is 1. The van der Waals surface area contributed by atoms with Crippen LogP contribution < -0.4 is 15.5 Å². The molecular weight excluding hydrogens is 450 g/mol. The molecule has 0 bridgehead atoms. The van der Waals surface area contributed by atoms with Crippen molar-refractivity contribution in [2.45, 2.75) is 18.9 Å². The zero-order valence-electron chi connectivity index (χ0n) is 20.3. The molecule has 0 saturated carbocycles. The van der Waals surface area contributed by atoms with Gasteiger partial charge in [0.15, 0.2) is 0 Å². The van der Waals surface area contributed by atoms with E-state index in [0.29, 0.717) is 49.0 Å². The Hall–Kier alpha value is -4.13. The van der Waals surface area contributed by atoms with Crippen molar-refractivity contribution in [2.24, 2.45) is 4.99 Å². The van der Waals surface area contributed by atoms with Crippen LogP contribution in [0, 0.1) is 0 Å². The van der Waals surface area contributed by atoms with E-state index < -0.39 is 0 Å². The van der Waals surface area contributed by atoms with Gasteiger partial charge in [-0.15, -0.1) is 0 Å². The zero-order chi connectivity index (χ0) is 24.7. The summed E-state index contributed by atoms with van der Waals surface area (Å²) in [5.41, 5.74) is 4.36. The Kier molecular flexibility index (Phi) is 7.26. The molecule has 2 N–H and O–H groups in total. The Bertz CT molecular complexity index is 1230. The fourth-order valence-corrected chi connectivity index (χ4v) is 4.96. The number of hydrogen-bond donors (Lipinski definition) is 2. The van der Waals surface area contributed by atoms with Gasteiger partial charge in [0.1, 0.15) is 0 Å². The molecule has 0 aromatic heterocycles. The fraction of sp³-hybridized carbons (Fsp3) is 0.276. The van der Waals surface area contributed by atoms with Crippen molar-refractivity contribution in [2.75, 3.05) is 42.9 Å². The second kappa shape index (κ2) is 11.1. The molecule has 2 aliphatic rings.